The number of amides is 1. The van der Waals surface area contributed by atoms with Gasteiger partial charge >= 0.3 is 19.2 Å². The van der Waals surface area contributed by atoms with Crippen molar-refractivity contribution in [3.05, 3.63) is 0 Å². The van der Waals surface area contributed by atoms with Crippen LogP contribution in [0.25, 0.3) is 0 Å². The molecule has 2 fully saturated rings. The Hall–Kier alpha value is -1.32. The van der Waals surface area contributed by atoms with Gasteiger partial charge in [0.25, 0.3) is 0 Å². The van der Waals surface area contributed by atoms with Gasteiger partial charge < -0.3 is 24.8 Å². The smallest absolute Gasteiger partial charge is 0.451 e. The van der Waals surface area contributed by atoms with E-state index in [1.807, 2.05) is 20.8 Å². The van der Waals surface area contributed by atoms with Crippen LogP contribution in [0.1, 0.15) is 46.5 Å². The Labute approximate surface area is 148 Å². The number of likely N-dealkylation sites (tertiary alicyclic amines) is 1. The highest BCUT2D eigenvalue weighted by atomic mass is 16.6. The molecular formula is C16H29BN2O6. The number of nitrogens with one attached hydrogen (secondary N) is 1. The van der Waals surface area contributed by atoms with Crippen molar-refractivity contribution in [2.75, 3.05) is 13.1 Å². The van der Waals surface area contributed by atoms with E-state index in [2.05, 4.69) is 5.32 Å². The fourth-order valence-corrected chi connectivity index (χ4v) is 3.99. The summed E-state index contributed by atoms with van der Waals surface area (Å²) < 4.78 is 5.44. The van der Waals surface area contributed by atoms with Gasteiger partial charge in [-0.15, -0.1) is 0 Å². The van der Waals surface area contributed by atoms with Gasteiger partial charge in [0.05, 0.1) is 6.04 Å². The van der Waals surface area contributed by atoms with Crippen LogP contribution < -0.4 is 5.32 Å². The van der Waals surface area contributed by atoms with E-state index in [-0.39, 0.29) is 18.3 Å². The van der Waals surface area contributed by atoms with Crippen LogP contribution in [-0.4, -0.2) is 69.5 Å². The number of unbranched alkanes of at least 4 members (excludes halogenated alkanes) is 1. The van der Waals surface area contributed by atoms with Crippen LogP contribution >= 0.6 is 0 Å². The lowest BCUT2D eigenvalue weighted by molar-refractivity contribution is -0.146. The number of aliphatic carboxylic acids is 1. The molecule has 2 heterocycles. The summed E-state index contributed by atoms with van der Waals surface area (Å²) in [6, 6.07) is -0.186. The van der Waals surface area contributed by atoms with E-state index < -0.39 is 30.3 Å². The highest BCUT2D eigenvalue weighted by Gasteiger charge is 2.58. The second-order valence-electron chi connectivity index (χ2n) is 8.02. The van der Waals surface area contributed by atoms with Gasteiger partial charge in [-0.25, -0.2) is 4.79 Å². The standard InChI is InChI=1S/C16H29BN2O6/c1-15(2,3)25-14(22)19-9-6-11-12(19)10-18-16(11,13(20)21)7-4-5-8-17(23)24/h11-12,18,23-24H,4-10H2,1-3H3,(H,20,21). The Kier molecular flexibility index (Phi) is 6.01. The molecule has 0 spiro atoms. The number of carbonyl (C=O) groups is 2. The van der Waals surface area contributed by atoms with Gasteiger partial charge in [-0.1, -0.05) is 12.8 Å². The number of carbonyl (C=O) groups excluding carboxylic acids is 1. The molecule has 2 saturated heterocycles. The SMILES string of the molecule is CC(C)(C)OC(=O)N1CCC2C1CNC2(CCCCB(O)O)C(=O)O. The predicted molar refractivity (Wildman–Crippen MR) is 92.1 cm³/mol. The van der Waals surface area contributed by atoms with Crippen LogP contribution in [-0.2, 0) is 9.53 Å². The van der Waals surface area contributed by atoms with Gasteiger partial charge in [0.2, 0.25) is 0 Å². The van der Waals surface area contributed by atoms with Crippen LogP contribution in [0.3, 0.4) is 0 Å². The van der Waals surface area contributed by atoms with E-state index in [1.165, 1.54) is 0 Å². The number of hydrogen-bond acceptors (Lipinski definition) is 6. The average molecular weight is 356 g/mol. The molecule has 0 aromatic rings. The highest BCUT2D eigenvalue weighted by molar-refractivity contribution is 6.40. The maximum Gasteiger partial charge on any atom is 0.451 e. The van der Waals surface area contributed by atoms with Crippen molar-refractivity contribution < 1.29 is 29.5 Å². The molecule has 4 N–H and O–H groups in total. The number of ether oxygens (including phenoxy) is 1. The lowest BCUT2D eigenvalue weighted by atomic mass is 9.77. The number of nitrogens with zero attached hydrogens (tertiary/aromatic N) is 1. The minimum atomic E-state index is -1.36. The molecule has 3 unspecified atom stereocenters. The first-order valence-electron chi connectivity index (χ1n) is 8.91. The van der Waals surface area contributed by atoms with Crippen LogP contribution in [0.2, 0.25) is 6.32 Å². The average Bonchev–Trinajstić information content (AvgIpc) is 3.02. The monoisotopic (exact) mass is 356 g/mol. The lowest BCUT2D eigenvalue weighted by Crippen LogP contribution is -2.52. The molecule has 2 aliphatic heterocycles. The molecule has 142 valence electrons. The number of hydrogen-bond donors (Lipinski definition) is 4. The van der Waals surface area contributed by atoms with Gasteiger partial charge in [0.1, 0.15) is 11.1 Å². The summed E-state index contributed by atoms with van der Waals surface area (Å²) >= 11 is 0. The molecule has 2 aliphatic rings. The molecule has 25 heavy (non-hydrogen) atoms. The first-order chi connectivity index (χ1) is 11.6. The quantitative estimate of drug-likeness (QED) is 0.408. The van der Waals surface area contributed by atoms with E-state index in [4.69, 9.17) is 14.8 Å². The topological polar surface area (TPSA) is 119 Å². The second kappa shape index (κ2) is 7.51. The van der Waals surface area contributed by atoms with E-state index in [0.717, 1.165) is 0 Å². The third-order valence-corrected chi connectivity index (χ3v) is 5.10. The molecule has 9 heteroatoms. The molecule has 1 amide bonds. The number of carboxylic acids is 1. The lowest BCUT2D eigenvalue weighted by Gasteiger charge is -2.31. The summed E-state index contributed by atoms with van der Waals surface area (Å²) in [6.45, 7) is 6.35. The van der Waals surface area contributed by atoms with Crippen molar-refractivity contribution in [2.45, 2.75) is 70.0 Å². The molecule has 0 aromatic carbocycles. The normalized spacial score (nSPS) is 28.8. The van der Waals surface area contributed by atoms with Crippen LogP contribution in [0.4, 0.5) is 4.79 Å². The van der Waals surface area contributed by atoms with Crippen molar-refractivity contribution in [1.29, 1.82) is 0 Å². The summed E-state index contributed by atoms with van der Waals surface area (Å²) in [6.07, 6.45) is 1.97. The number of rotatable bonds is 6. The first-order valence-corrected chi connectivity index (χ1v) is 8.91. The van der Waals surface area contributed by atoms with Gasteiger partial charge in [-0.2, -0.15) is 0 Å². The van der Waals surface area contributed by atoms with E-state index >= 15 is 0 Å². The zero-order valence-electron chi connectivity index (χ0n) is 15.2. The summed E-state index contributed by atoms with van der Waals surface area (Å²) in [4.78, 5) is 26.0. The molecular weight excluding hydrogens is 327 g/mol. The number of carboxylic acid groups (broad SMARTS) is 1. The molecule has 2 rings (SSSR count). The van der Waals surface area contributed by atoms with Gasteiger partial charge in [0, 0.05) is 19.0 Å². The molecule has 0 saturated carbocycles. The highest BCUT2D eigenvalue weighted by Crippen LogP contribution is 2.41. The maximum absolute atomic E-state index is 12.4. The summed E-state index contributed by atoms with van der Waals surface area (Å²) in [5.74, 6) is -1.08. The molecule has 0 radical (unpaired) electrons. The molecule has 0 bridgehead atoms. The maximum atomic E-state index is 12.4. The Bertz CT molecular complexity index is 509. The Morgan fingerprint density at radius 3 is 2.56 bits per heavy atom. The summed E-state index contributed by atoms with van der Waals surface area (Å²) in [5, 5.41) is 30.8. The number of fused-ring (bicyclic) bond motifs is 1. The minimum absolute atomic E-state index is 0.170. The Balaban J connectivity index is 2.04. The van der Waals surface area contributed by atoms with Gasteiger partial charge in [0.15, 0.2) is 0 Å². The van der Waals surface area contributed by atoms with Crippen LogP contribution in [0.5, 0.6) is 0 Å². The van der Waals surface area contributed by atoms with Crippen molar-refractivity contribution in [1.82, 2.24) is 10.2 Å². The molecule has 3 atom stereocenters. The van der Waals surface area contributed by atoms with Crippen molar-refractivity contribution in [3.63, 3.8) is 0 Å². The van der Waals surface area contributed by atoms with Crippen LogP contribution in [0, 0.1) is 5.92 Å². The van der Waals surface area contributed by atoms with Gasteiger partial charge in [-0.05, 0) is 39.9 Å². The summed E-state index contributed by atoms with van der Waals surface area (Å²) in [5.41, 5.74) is -1.65. The molecule has 8 nitrogen and oxygen atoms in total. The third-order valence-electron chi connectivity index (χ3n) is 5.10. The Morgan fingerprint density at radius 2 is 2.00 bits per heavy atom. The van der Waals surface area contributed by atoms with Gasteiger partial charge in [-0.3, -0.25) is 10.1 Å². The first kappa shape index (κ1) is 20.0. The predicted octanol–water partition coefficient (Wildman–Crippen LogP) is 0.682. The fraction of sp³-hybridized carbons (Fsp3) is 0.875. The van der Waals surface area contributed by atoms with E-state index in [0.29, 0.717) is 38.8 Å². The minimum Gasteiger partial charge on any atom is -0.480 e. The second-order valence-corrected chi connectivity index (χ2v) is 8.02. The zero-order valence-corrected chi connectivity index (χ0v) is 15.2. The third kappa shape index (κ3) is 4.45. The van der Waals surface area contributed by atoms with Crippen molar-refractivity contribution >= 4 is 19.2 Å². The van der Waals surface area contributed by atoms with Crippen molar-refractivity contribution in [3.8, 4) is 0 Å². The van der Waals surface area contributed by atoms with Crippen LogP contribution in [0.15, 0.2) is 0 Å². The fourth-order valence-electron chi connectivity index (χ4n) is 3.99. The zero-order chi connectivity index (χ0) is 18.8. The van der Waals surface area contributed by atoms with Crippen molar-refractivity contribution in [2.24, 2.45) is 5.92 Å². The van der Waals surface area contributed by atoms with E-state index in [9.17, 15) is 14.7 Å². The van der Waals surface area contributed by atoms with E-state index in [1.54, 1.807) is 4.90 Å². The Morgan fingerprint density at radius 1 is 1.32 bits per heavy atom. The molecule has 0 aliphatic carbocycles. The largest absolute Gasteiger partial charge is 0.480 e. The molecule has 0 aromatic heterocycles. The summed E-state index contributed by atoms with van der Waals surface area (Å²) in [7, 11) is -1.36.